The number of unbranched alkanes of at least 4 members (excludes halogenated alkanes) is 1. The highest BCUT2D eigenvalue weighted by atomic mass is 79.9. The molecule has 0 saturated heterocycles. The number of Topliss-reactive ketones (excluding diaryl/α,β-unsaturated/α-hetero) is 1. The molecule has 0 aromatic heterocycles. The number of hydrogen-bond acceptors (Lipinski definition) is 2. The normalized spacial score (nSPS) is 10.6. The first kappa shape index (κ1) is 14.1. The van der Waals surface area contributed by atoms with Crippen LogP contribution in [0.5, 0.6) is 5.75 Å². The molecule has 0 heterocycles. The van der Waals surface area contributed by atoms with Gasteiger partial charge in [-0.05, 0) is 37.1 Å². The number of ether oxygens (including phenoxy) is 1. The molecule has 0 radical (unpaired) electrons. The molecular weight excluding hydrogens is 294 g/mol. The van der Waals surface area contributed by atoms with Gasteiger partial charge in [0.05, 0.1) is 0 Å². The first-order valence-electron chi connectivity index (χ1n) is 5.27. The van der Waals surface area contributed by atoms with Gasteiger partial charge in [0.1, 0.15) is 5.75 Å². The zero-order chi connectivity index (χ0) is 12.7. The predicted molar refractivity (Wildman–Crippen MR) is 65.0 cm³/mol. The molecule has 0 atom stereocenters. The van der Waals surface area contributed by atoms with Crippen molar-refractivity contribution < 1.29 is 18.3 Å². The third kappa shape index (κ3) is 5.26. The van der Waals surface area contributed by atoms with E-state index in [1.807, 2.05) is 0 Å². The summed E-state index contributed by atoms with van der Waals surface area (Å²) >= 11 is 3.29. The zero-order valence-corrected chi connectivity index (χ0v) is 10.8. The highest BCUT2D eigenvalue weighted by Crippen LogP contribution is 2.16. The second-order valence-corrected chi connectivity index (χ2v) is 4.27. The van der Waals surface area contributed by atoms with Crippen molar-refractivity contribution in [1.29, 1.82) is 0 Å². The van der Waals surface area contributed by atoms with Crippen LogP contribution in [0.4, 0.5) is 8.78 Å². The lowest BCUT2D eigenvalue weighted by atomic mass is 10.1. The number of ketones is 1. The molecule has 2 nitrogen and oxygen atoms in total. The maximum atomic E-state index is 11.9. The fourth-order valence-corrected chi connectivity index (χ4v) is 1.74. The van der Waals surface area contributed by atoms with Crippen molar-refractivity contribution in [1.82, 2.24) is 0 Å². The molecule has 0 bridgehead atoms. The van der Waals surface area contributed by atoms with Crippen LogP contribution >= 0.6 is 15.9 Å². The highest BCUT2D eigenvalue weighted by Gasteiger charge is 2.07. The first-order chi connectivity index (χ1) is 8.13. The number of hydrogen-bond donors (Lipinski definition) is 0. The number of halogens is 3. The lowest BCUT2D eigenvalue weighted by molar-refractivity contribution is -0.0498. The Balaban J connectivity index is 2.52. The Morgan fingerprint density at radius 1 is 1.24 bits per heavy atom. The van der Waals surface area contributed by atoms with Crippen molar-refractivity contribution in [3.05, 3.63) is 29.8 Å². The molecule has 94 valence electrons. The van der Waals surface area contributed by atoms with Crippen molar-refractivity contribution in [2.24, 2.45) is 0 Å². The van der Waals surface area contributed by atoms with Gasteiger partial charge in [-0.3, -0.25) is 4.79 Å². The molecular formula is C12H13BrF2O2. The standard InChI is InChI=1S/C12H13BrF2O2/c13-8-2-1-3-11(16)9-4-6-10(7-5-9)17-12(14)15/h4-7,12H,1-3,8H2. The Morgan fingerprint density at radius 3 is 2.41 bits per heavy atom. The Morgan fingerprint density at radius 2 is 1.88 bits per heavy atom. The number of carbonyl (C=O) groups excluding carboxylic acids is 1. The van der Waals surface area contributed by atoms with Crippen LogP contribution < -0.4 is 4.74 Å². The van der Waals surface area contributed by atoms with Gasteiger partial charge in [0.2, 0.25) is 0 Å². The summed E-state index contributed by atoms with van der Waals surface area (Å²) < 4.78 is 28.0. The zero-order valence-electron chi connectivity index (χ0n) is 9.17. The van der Waals surface area contributed by atoms with Crippen LogP contribution in [0.2, 0.25) is 0 Å². The van der Waals surface area contributed by atoms with Crippen molar-refractivity contribution in [2.45, 2.75) is 25.9 Å². The van der Waals surface area contributed by atoms with E-state index in [0.717, 1.165) is 18.2 Å². The summed E-state index contributed by atoms with van der Waals surface area (Å²) in [6, 6.07) is 5.77. The lowest BCUT2D eigenvalue weighted by Crippen LogP contribution is -2.03. The maximum Gasteiger partial charge on any atom is 0.387 e. The van der Waals surface area contributed by atoms with Crippen LogP contribution in [-0.4, -0.2) is 17.7 Å². The van der Waals surface area contributed by atoms with Gasteiger partial charge in [-0.25, -0.2) is 0 Å². The Kier molecular flexibility index (Phi) is 6.11. The summed E-state index contributed by atoms with van der Waals surface area (Å²) in [5, 5.41) is 0.876. The molecule has 0 spiro atoms. The Bertz CT molecular complexity index is 352. The first-order valence-corrected chi connectivity index (χ1v) is 6.39. The molecule has 1 rings (SSSR count). The smallest absolute Gasteiger partial charge is 0.387 e. The number of benzene rings is 1. The number of alkyl halides is 3. The quantitative estimate of drug-likeness (QED) is 0.432. The van der Waals surface area contributed by atoms with E-state index in [4.69, 9.17) is 0 Å². The topological polar surface area (TPSA) is 26.3 Å². The van der Waals surface area contributed by atoms with Gasteiger partial charge >= 0.3 is 6.61 Å². The number of carbonyl (C=O) groups is 1. The van der Waals surface area contributed by atoms with Crippen LogP contribution in [0, 0.1) is 0 Å². The molecule has 0 aliphatic carbocycles. The molecule has 17 heavy (non-hydrogen) atoms. The molecule has 0 saturated carbocycles. The SMILES string of the molecule is O=C(CCCCBr)c1ccc(OC(F)F)cc1. The summed E-state index contributed by atoms with van der Waals surface area (Å²) in [6.45, 7) is -2.84. The fourth-order valence-electron chi connectivity index (χ4n) is 1.35. The van der Waals surface area contributed by atoms with Crippen molar-refractivity contribution in [3.63, 3.8) is 0 Å². The third-order valence-corrected chi connectivity index (χ3v) is 2.75. The van der Waals surface area contributed by atoms with Gasteiger partial charge < -0.3 is 4.74 Å². The summed E-state index contributed by atoms with van der Waals surface area (Å²) in [5.41, 5.74) is 0.529. The van der Waals surface area contributed by atoms with E-state index < -0.39 is 6.61 Å². The summed E-state index contributed by atoms with van der Waals surface area (Å²) in [4.78, 5) is 11.6. The minimum Gasteiger partial charge on any atom is -0.435 e. The van der Waals surface area contributed by atoms with Crippen LogP contribution in [0.3, 0.4) is 0 Å². The lowest BCUT2D eigenvalue weighted by Gasteiger charge is -2.05. The van der Waals surface area contributed by atoms with E-state index >= 15 is 0 Å². The van der Waals surface area contributed by atoms with Gasteiger partial charge in [-0.15, -0.1) is 0 Å². The van der Waals surface area contributed by atoms with Crippen LogP contribution in [-0.2, 0) is 0 Å². The van der Waals surface area contributed by atoms with E-state index in [1.54, 1.807) is 0 Å². The largest absolute Gasteiger partial charge is 0.435 e. The second-order valence-electron chi connectivity index (χ2n) is 3.47. The molecule has 5 heteroatoms. The average molecular weight is 307 g/mol. The summed E-state index contributed by atoms with van der Waals surface area (Å²) in [6.07, 6.45) is 2.23. The van der Waals surface area contributed by atoms with E-state index in [1.165, 1.54) is 24.3 Å². The van der Waals surface area contributed by atoms with Crippen molar-refractivity contribution in [2.75, 3.05) is 5.33 Å². The minimum absolute atomic E-state index is 0.0227. The van der Waals surface area contributed by atoms with E-state index in [0.29, 0.717) is 12.0 Å². The molecule has 0 unspecified atom stereocenters. The molecule has 0 amide bonds. The second kappa shape index (κ2) is 7.37. The van der Waals surface area contributed by atoms with Crippen molar-refractivity contribution >= 4 is 21.7 Å². The summed E-state index contributed by atoms with van der Waals surface area (Å²) in [5.74, 6) is 0.0894. The summed E-state index contributed by atoms with van der Waals surface area (Å²) in [7, 11) is 0. The Hall–Kier alpha value is -0.970. The van der Waals surface area contributed by atoms with Crippen LogP contribution in [0.15, 0.2) is 24.3 Å². The average Bonchev–Trinajstić information content (AvgIpc) is 2.29. The Labute approximate surface area is 107 Å². The predicted octanol–water partition coefficient (Wildman–Crippen LogP) is 4.04. The van der Waals surface area contributed by atoms with Crippen molar-refractivity contribution in [3.8, 4) is 5.75 Å². The van der Waals surface area contributed by atoms with Gasteiger partial charge in [0, 0.05) is 17.3 Å². The van der Waals surface area contributed by atoms with Gasteiger partial charge in [-0.2, -0.15) is 8.78 Å². The van der Waals surface area contributed by atoms with E-state index in [2.05, 4.69) is 20.7 Å². The van der Waals surface area contributed by atoms with Gasteiger partial charge in [-0.1, -0.05) is 15.9 Å². The highest BCUT2D eigenvalue weighted by molar-refractivity contribution is 9.09. The molecule has 0 aliphatic heterocycles. The minimum atomic E-state index is -2.84. The molecule has 1 aromatic carbocycles. The van der Waals surface area contributed by atoms with Crippen LogP contribution in [0.1, 0.15) is 29.6 Å². The van der Waals surface area contributed by atoms with Crippen LogP contribution in [0.25, 0.3) is 0 Å². The van der Waals surface area contributed by atoms with E-state index in [-0.39, 0.29) is 11.5 Å². The molecule has 1 aromatic rings. The molecule has 0 aliphatic rings. The molecule has 0 fully saturated rings. The monoisotopic (exact) mass is 306 g/mol. The van der Waals surface area contributed by atoms with E-state index in [9.17, 15) is 13.6 Å². The fraction of sp³-hybridized carbons (Fsp3) is 0.417. The maximum absolute atomic E-state index is 11.9. The van der Waals surface area contributed by atoms with Gasteiger partial charge in [0.25, 0.3) is 0 Å². The third-order valence-electron chi connectivity index (χ3n) is 2.19. The molecule has 0 N–H and O–H groups in total. The number of rotatable bonds is 7. The van der Waals surface area contributed by atoms with Gasteiger partial charge in [0.15, 0.2) is 5.78 Å².